The molecule has 0 radical (unpaired) electrons. The maximum Gasteiger partial charge on any atom is 0.261 e. The van der Waals surface area contributed by atoms with Crippen LogP contribution in [0.3, 0.4) is 0 Å². The summed E-state index contributed by atoms with van der Waals surface area (Å²) < 4.78 is 42.3. The molecule has 0 saturated carbocycles. The van der Waals surface area contributed by atoms with Gasteiger partial charge in [-0.1, -0.05) is 0 Å². The lowest BCUT2D eigenvalue weighted by Gasteiger charge is -2.12. The summed E-state index contributed by atoms with van der Waals surface area (Å²) in [7, 11) is -3.88. The lowest BCUT2D eigenvalue weighted by atomic mass is 10.2. The van der Waals surface area contributed by atoms with Crippen LogP contribution in [-0.2, 0) is 10.0 Å². The highest BCUT2D eigenvalue weighted by molar-refractivity contribution is 7.92. The van der Waals surface area contributed by atoms with Gasteiger partial charge in [-0.15, -0.1) is 0 Å². The number of carbonyl (C=O) groups is 1. The SMILES string of the molecule is NC(=O)c1ccc(NS(=O)(=O)c2ccc(-n3cc[nH]3)cc2)cc1F. The molecular formula is C15H13FN4O3S. The number of hydrogen-bond donors (Lipinski definition) is 3. The Labute approximate surface area is 136 Å². The van der Waals surface area contributed by atoms with Gasteiger partial charge >= 0.3 is 0 Å². The summed E-state index contributed by atoms with van der Waals surface area (Å²) >= 11 is 0. The highest BCUT2D eigenvalue weighted by atomic mass is 32.2. The van der Waals surface area contributed by atoms with E-state index in [1.165, 1.54) is 18.2 Å². The number of H-pyrrole nitrogens is 1. The van der Waals surface area contributed by atoms with Gasteiger partial charge < -0.3 is 10.8 Å². The van der Waals surface area contributed by atoms with Crippen molar-refractivity contribution in [1.29, 1.82) is 0 Å². The standard InChI is InChI=1S/C15H13FN4O3S/c16-14-9-10(1-6-13(14)15(17)21)19-24(22,23)12-4-2-11(3-5-12)20-8-7-18-20/h1-9,18-19H,(H2,17,21). The molecule has 3 aromatic rings. The van der Waals surface area contributed by atoms with Crippen LogP contribution in [0.1, 0.15) is 10.4 Å². The van der Waals surface area contributed by atoms with Crippen molar-refractivity contribution in [3.63, 3.8) is 0 Å². The first-order valence-electron chi connectivity index (χ1n) is 6.81. The van der Waals surface area contributed by atoms with Gasteiger partial charge in [0, 0.05) is 12.4 Å². The Kier molecular flexibility index (Phi) is 3.86. The molecule has 0 bridgehead atoms. The third-order valence-electron chi connectivity index (χ3n) is 3.35. The van der Waals surface area contributed by atoms with Gasteiger partial charge in [0.1, 0.15) is 5.82 Å². The Morgan fingerprint density at radius 3 is 2.33 bits per heavy atom. The fourth-order valence-electron chi connectivity index (χ4n) is 2.09. The molecule has 1 aromatic heterocycles. The molecule has 0 atom stereocenters. The summed E-state index contributed by atoms with van der Waals surface area (Å²) in [5, 5.41) is 2.89. The molecular weight excluding hydrogens is 335 g/mol. The molecule has 0 aliphatic heterocycles. The fraction of sp³-hybridized carbons (Fsp3) is 0. The Morgan fingerprint density at radius 1 is 1.17 bits per heavy atom. The van der Waals surface area contributed by atoms with Crippen LogP contribution in [-0.4, -0.2) is 24.1 Å². The summed E-state index contributed by atoms with van der Waals surface area (Å²) in [5.41, 5.74) is 5.46. The van der Waals surface area contributed by atoms with Crippen LogP contribution in [0, 0.1) is 5.82 Å². The molecule has 124 valence electrons. The van der Waals surface area contributed by atoms with Gasteiger partial charge in [-0.3, -0.25) is 14.2 Å². The van der Waals surface area contributed by atoms with Crippen molar-refractivity contribution >= 4 is 21.6 Å². The number of nitrogens with one attached hydrogen (secondary N) is 2. The smallest absolute Gasteiger partial charge is 0.261 e. The van der Waals surface area contributed by atoms with E-state index >= 15 is 0 Å². The van der Waals surface area contributed by atoms with Crippen molar-refractivity contribution in [2.24, 2.45) is 5.73 Å². The van der Waals surface area contributed by atoms with E-state index in [1.54, 1.807) is 29.2 Å². The Morgan fingerprint density at radius 2 is 1.83 bits per heavy atom. The molecule has 0 aliphatic carbocycles. The number of rotatable bonds is 5. The zero-order chi connectivity index (χ0) is 17.3. The van der Waals surface area contributed by atoms with Crippen LogP contribution >= 0.6 is 0 Å². The normalized spacial score (nSPS) is 11.4. The molecule has 0 fully saturated rings. The van der Waals surface area contributed by atoms with E-state index in [0.717, 1.165) is 17.8 Å². The predicted octanol–water partition coefficient (Wildman–Crippen LogP) is 1.84. The van der Waals surface area contributed by atoms with Gasteiger partial charge in [0.25, 0.3) is 15.9 Å². The molecule has 9 heteroatoms. The van der Waals surface area contributed by atoms with Crippen molar-refractivity contribution < 1.29 is 17.6 Å². The van der Waals surface area contributed by atoms with Gasteiger partial charge in [-0.2, -0.15) is 0 Å². The zero-order valence-corrected chi connectivity index (χ0v) is 13.0. The zero-order valence-electron chi connectivity index (χ0n) is 12.2. The van der Waals surface area contributed by atoms with Crippen molar-refractivity contribution in [2.75, 3.05) is 4.72 Å². The number of aromatic amines is 1. The van der Waals surface area contributed by atoms with E-state index < -0.39 is 21.7 Å². The molecule has 1 amide bonds. The number of nitrogens with two attached hydrogens (primary N) is 1. The number of aromatic nitrogens is 2. The second-order valence-electron chi connectivity index (χ2n) is 4.97. The first-order valence-corrected chi connectivity index (χ1v) is 8.29. The first kappa shape index (κ1) is 15.8. The summed E-state index contributed by atoms with van der Waals surface area (Å²) in [6, 6.07) is 9.41. The van der Waals surface area contributed by atoms with E-state index in [4.69, 9.17) is 5.73 Å². The molecule has 0 saturated heterocycles. The van der Waals surface area contributed by atoms with Crippen molar-refractivity contribution in [3.8, 4) is 5.69 Å². The third-order valence-corrected chi connectivity index (χ3v) is 4.75. The number of primary amides is 1. The monoisotopic (exact) mass is 348 g/mol. The highest BCUT2D eigenvalue weighted by Gasteiger charge is 2.16. The number of sulfonamides is 1. The molecule has 2 aromatic carbocycles. The summed E-state index contributed by atoms with van der Waals surface area (Å²) in [4.78, 5) is 11.0. The number of anilines is 1. The molecule has 0 spiro atoms. The topological polar surface area (TPSA) is 110 Å². The number of hydrogen-bond acceptors (Lipinski definition) is 3. The molecule has 4 N–H and O–H groups in total. The van der Waals surface area contributed by atoms with Gasteiger partial charge in [0.2, 0.25) is 0 Å². The van der Waals surface area contributed by atoms with E-state index in [-0.39, 0.29) is 16.1 Å². The van der Waals surface area contributed by atoms with Gasteiger partial charge in [-0.25, -0.2) is 12.8 Å². The van der Waals surface area contributed by atoms with Gasteiger partial charge in [0.15, 0.2) is 0 Å². The van der Waals surface area contributed by atoms with Gasteiger partial charge in [0.05, 0.1) is 21.8 Å². The van der Waals surface area contributed by atoms with E-state index in [9.17, 15) is 17.6 Å². The Bertz CT molecular complexity index is 981. The molecule has 0 aliphatic rings. The minimum atomic E-state index is -3.88. The number of benzene rings is 2. The average molecular weight is 348 g/mol. The number of halogens is 1. The quantitative estimate of drug-likeness (QED) is 0.654. The van der Waals surface area contributed by atoms with Crippen molar-refractivity contribution in [3.05, 3.63) is 66.2 Å². The second kappa shape index (κ2) is 5.85. The summed E-state index contributed by atoms with van der Waals surface area (Å²) in [6.07, 6.45) is 3.52. The van der Waals surface area contributed by atoms with E-state index in [2.05, 4.69) is 9.82 Å². The molecule has 1 heterocycles. The highest BCUT2D eigenvalue weighted by Crippen LogP contribution is 2.20. The predicted molar refractivity (Wildman–Crippen MR) is 85.8 cm³/mol. The molecule has 7 nitrogen and oxygen atoms in total. The molecule has 24 heavy (non-hydrogen) atoms. The maximum absolute atomic E-state index is 13.7. The number of amides is 1. The first-order chi connectivity index (χ1) is 11.4. The van der Waals surface area contributed by atoms with Crippen molar-refractivity contribution in [1.82, 2.24) is 9.78 Å². The van der Waals surface area contributed by atoms with Crippen molar-refractivity contribution in [2.45, 2.75) is 4.90 Å². The van der Waals surface area contributed by atoms with Crippen LogP contribution < -0.4 is 10.5 Å². The fourth-order valence-corrected chi connectivity index (χ4v) is 3.14. The number of carbonyl (C=O) groups excluding carboxylic acids is 1. The van der Waals surface area contributed by atoms with Crippen LogP contribution in [0.4, 0.5) is 10.1 Å². The average Bonchev–Trinajstić information content (AvgIpc) is 2.45. The molecule has 3 rings (SSSR count). The molecule has 0 unspecified atom stereocenters. The minimum absolute atomic E-state index is 0.00563. The summed E-state index contributed by atoms with van der Waals surface area (Å²) in [5.74, 6) is -1.82. The van der Waals surface area contributed by atoms with Crippen LogP contribution in [0.2, 0.25) is 0 Å². The van der Waals surface area contributed by atoms with Crippen LogP contribution in [0.15, 0.2) is 59.8 Å². The second-order valence-corrected chi connectivity index (χ2v) is 6.66. The Balaban J connectivity index is 1.84. The third kappa shape index (κ3) is 3.01. The largest absolute Gasteiger partial charge is 0.366 e. The van der Waals surface area contributed by atoms with E-state index in [1.807, 2.05) is 0 Å². The van der Waals surface area contributed by atoms with Gasteiger partial charge in [-0.05, 0) is 42.5 Å². The van der Waals surface area contributed by atoms with E-state index in [0.29, 0.717) is 0 Å². The lowest BCUT2D eigenvalue weighted by molar-refractivity contribution is 0.0996. The van der Waals surface area contributed by atoms with Crippen LogP contribution in [0.5, 0.6) is 0 Å². The van der Waals surface area contributed by atoms with Crippen LogP contribution in [0.25, 0.3) is 5.69 Å². The summed E-state index contributed by atoms with van der Waals surface area (Å²) in [6.45, 7) is 0. The maximum atomic E-state index is 13.7. The number of nitrogens with zero attached hydrogens (tertiary/aromatic N) is 1. The Hall–Kier alpha value is -3.07. The minimum Gasteiger partial charge on any atom is -0.366 e. The lowest BCUT2D eigenvalue weighted by Crippen LogP contribution is -2.15.